The highest BCUT2D eigenvalue weighted by molar-refractivity contribution is 5.96. The van der Waals surface area contributed by atoms with Gasteiger partial charge in [-0.25, -0.2) is 4.79 Å². The molecule has 1 aromatic carbocycles. The number of phenolic OH excluding ortho intramolecular Hbond substituents is 1. The highest BCUT2D eigenvalue weighted by Gasteiger charge is 2.11. The minimum Gasteiger partial charge on any atom is -0.508 e. The second kappa shape index (κ2) is 4.97. The molecule has 0 fully saturated rings. The van der Waals surface area contributed by atoms with Gasteiger partial charge in [-0.05, 0) is 23.8 Å². The summed E-state index contributed by atoms with van der Waals surface area (Å²) in [5.41, 5.74) is 0.205. The van der Waals surface area contributed by atoms with Crippen LogP contribution in [0.2, 0.25) is 0 Å². The number of hydrogen-bond donors (Lipinski definition) is 3. The summed E-state index contributed by atoms with van der Waals surface area (Å²) in [6, 6.07) is 5.91. The summed E-state index contributed by atoms with van der Waals surface area (Å²) in [7, 11) is 0. The summed E-state index contributed by atoms with van der Waals surface area (Å²) in [6.07, 6.45) is 0.654. The molecule has 0 unspecified atom stereocenters. The Kier molecular flexibility index (Phi) is 3.66. The van der Waals surface area contributed by atoms with Crippen LogP contribution in [0.1, 0.15) is 12.0 Å². The number of rotatable bonds is 4. The molecule has 0 heterocycles. The molecule has 0 spiro atoms. The Bertz CT molecular complexity index is 447. The van der Waals surface area contributed by atoms with E-state index in [0.717, 1.165) is 0 Å². The Labute approximate surface area is 91.3 Å². The van der Waals surface area contributed by atoms with Crippen molar-refractivity contribution in [3.8, 4) is 5.75 Å². The van der Waals surface area contributed by atoms with Gasteiger partial charge in [-0.3, -0.25) is 4.79 Å². The first kappa shape index (κ1) is 11.8. The number of phenols is 1. The van der Waals surface area contributed by atoms with Gasteiger partial charge in [0.05, 0.1) is 6.42 Å². The number of carboxylic acid groups (broad SMARTS) is 2. The predicted octanol–water partition coefficient (Wildman–Crippen LogP) is 1.33. The van der Waals surface area contributed by atoms with E-state index in [-0.39, 0.29) is 11.3 Å². The maximum atomic E-state index is 10.7. The predicted molar refractivity (Wildman–Crippen MR) is 56.0 cm³/mol. The van der Waals surface area contributed by atoms with Gasteiger partial charge >= 0.3 is 11.9 Å². The molecule has 1 rings (SSSR count). The van der Waals surface area contributed by atoms with Gasteiger partial charge in [0.25, 0.3) is 0 Å². The first-order valence-corrected chi connectivity index (χ1v) is 4.43. The highest BCUT2D eigenvalue weighted by Crippen LogP contribution is 2.15. The van der Waals surface area contributed by atoms with E-state index in [2.05, 4.69) is 0 Å². The van der Waals surface area contributed by atoms with E-state index in [1.54, 1.807) is 12.1 Å². The van der Waals surface area contributed by atoms with Crippen LogP contribution in [0.5, 0.6) is 5.75 Å². The number of aromatic hydroxyl groups is 1. The second-order valence-electron chi connectivity index (χ2n) is 3.14. The molecule has 5 heteroatoms. The monoisotopic (exact) mass is 222 g/mol. The topological polar surface area (TPSA) is 94.8 Å². The lowest BCUT2D eigenvalue weighted by Gasteiger charge is -1.99. The third-order valence-electron chi connectivity index (χ3n) is 1.83. The van der Waals surface area contributed by atoms with Gasteiger partial charge in [0.2, 0.25) is 0 Å². The van der Waals surface area contributed by atoms with Crippen molar-refractivity contribution >= 4 is 18.0 Å². The van der Waals surface area contributed by atoms with Crippen molar-refractivity contribution in [1.82, 2.24) is 0 Å². The van der Waals surface area contributed by atoms with Crippen LogP contribution in [0.4, 0.5) is 0 Å². The Morgan fingerprint density at radius 3 is 2.44 bits per heavy atom. The number of carbonyl (C=O) groups is 2. The largest absolute Gasteiger partial charge is 0.508 e. The lowest BCUT2D eigenvalue weighted by atomic mass is 10.1. The SMILES string of the molecule is O=C(O)CC(=Cc1cccc(O)c1)C(=O)O. The van der Waals surface area contributed by atoms with Crippen molar-refractivity contribution in [2.24, 2.45) is 0 Å². The van der Waals surface area contributed by atoms with Crippen molar-refractivity contribution in [3.05, 3.63) is 35.4 Å². The molecule has 1 aromatic rings. The molecule has 0 aliphatic rings. The molecule has 0 amide bonds. The maximum Gasteiger partial charge on any atom is 0.332 e. The van der Waals surface area contributed by atoms with Crippen LogP contribution in [-0.2, 0) is 9.59 Å². The zero-order chi connectivity index (χ0) is 12.1. The minimum absolute atomic E-state index is 0.00573. The van der Waals surface area contributed by atoms with Gasteiger partial charge < -0.3 is 15.3 Å². The molecule has 0 aliphatic heterocycles. The Hall–Kier alpha value is -2.30. The van der Waals surface area contributed by atoms with Gasteiger partial charge in [-0.1, -0.05) is 12.1 Å². The maximum absolute atomic E-state index is 10.7. The average Bonchev–Trinajstić information content (AvgIpc) is 2.15. The molecule has 16 heavy (non-hydrogen) atoms. The third kappa shape index (κ3) is 3.45. The van der Waals surface area contributed by atoms with E-state index in [1.807, 2.05) is 0 Å². The first-order chi connectivity index (χ1) is 7.49. The Balaban J connectivity index is 3.02. The van der Waals surface area contributed by atoms with E-state index < -0.39 is 18.4 Å². The molecular formula is C11H10O5. The van der Waals surface area contributed by atoms with E-state index in [0.29, 0.717) is 5.56 Å². The smallest absolute Gasteiger partial charge is 0.332 e. The molecule has 0 saturated heterocycles. The summed E-state index contributed by atoms with van der Waals surface area (Å²) < 4.78 is 0. The summed E-state index contributed by atoms with van der Waals surface area (Å²) in [4.78, 5) is 21.1. The summed E-state index contributed by atoms with van der Waals surface area (Å²) in [5, 5.41) is 26.4. The number of carboxylic acids is 2. The van der Waals surface area contributed by atoms with Gasteiger partial charge in [0.1, 0.15) is 5.75 Å². The molecule has 0 aliphatic carbocycles. The van der Waals surface area contributed by atoms with E-state index in [1.165, 1.54) is 18.2 Å². The van der Waals surface area contributed by atoms with Crippen LogP contribution >= 0.6 is 0 Å². The quantitative estimate of drug-likeness (QED) is 0.668. The summed E-state index contributed by atoms with van der Waals surface area (Å²) >= 11 is 0. The van der Waals surface area contributed by atoms with Gasteiger partial charge in [0, 0.05) is 5.57 Å². The van der Waals surface area contributed by atoms with Crippen LogP contribution in [0.3, 0.4) is 0 Å². The molecule has 84 valence electrons. The summed E-state index contributed by atoms with van der Waals surface area (Å²) in [6.45, 7) is 0. The number of aliphatic carboxylic acids is 2. The lowest BCUT2D eigenvalue weighted by Crippen LogP contribution is -2.06. The van der Waals surface area contributed by atoms with Crippen LogP contribution in [-0.4, -0.2) is 27.3 Å². The highest BCUT2D eigenvalue weighted by atomic mass is 16.4. The molecular weight excluding hydrogens is 212 g/mol. The van der Waals surface area contributed by atoms with E-state index in [9.17, 15) is 9.59 Å². The van der Waals surface area contributed by atoms with E-state index >= 15 is 0 Å². The van der Waals surface area contributed by atoms with Crippen molar-refractivity contribution < 1.29 is 24.9 Å². The minimum atomic E-state index is -1.29. The zero-order valence-corrected chi connectivity index (χ0v) is 8.25. The normalized spacial score (nSPS) is 11.1. The fourth-order valence-corrected chi connectivity index (χ4v) is 1.17. The first-order valence-electron chi connectivity index (χ1n) is 4.43. The lowest BCUT2D eigenvalue weighted by molar-refractivity contribution is -0.139. The van der Waals surface area contributed by atoms with Gasteiger partial charge in [-0.2, -0.15) is 0 Å². The molecule has 0 atom stereocenters. The second-order valence-corrected chi connectivity index (χ2v) is 3.14. The number of hydrogen-bond acceptors (Lipinski definition) is 3. The summed E-state index contributed by atoms with van der Waals surface area (Å²) in [5.74, 6) is -2.51. The van der Waals surface area contributed by atoms with Crippen LogP contribution in [0.15, 0.2) is 29.8 Å². The average molecular weight is 222 g/mol. The fraction of sp³-hybridized carbons (Fsp3) is 0.0909. The van der Waals surface area contributed by atoms with Crippen molar-refractivity contribution in [3.63, 3.8) is 0 Å². The fourth-order valence-electron chi connectivity index (χ4n) is 1.17. The standard InChI is InChI=1S/C11H10O5/c12-9-3-1-2-7(5-9)4-8(11(15)16)6-10(13)14/h1-5,12H,6H2,(H,13,14)(H,15,16). The van der Waals surface area contributed by atoms with Crippen molar-refractivity contribution in [1.29, 1.82) is 0 Å². The van der Waals surface area contributed by atoms with Gasteiger partial charge in [0.15, 0.2) is 0 Å². The zero-order valence-electron chi connectivity index (χ0n) is 8.25. The molecule has 3 N–H and O–H groups in total. The molecule has 0 saturated carbocycles. The Morgan fingerprint density at radius 2 is 1.94 bits per heavy atom. The third-order valence-corrected chi connectivity index (χ3v) is 1.83. The number of benzene rings is 1. The van der Waals surface area contributed by atoms with Gasteiger partial charge in [-0.15, -0.1) is 0 Å². The van der Waals surface area contributed by atoms with Crippen LogP contribution < -0.4 is 0 Å². The molecule has 5 nitrogen and oxygen atoms in total. The molecule has 0 bridgehead atoms. The molecule has 0 radical (unpaired) electrons. The van der Waals surface area contributed by atoms with Crippen LogP contribution in [0, 0.1) is 0 Å². The van der Waals surface area contributed by atoms with Crippen molar-refractivity contribution in [2.75, 3.05) is 0 Å². The molecule has 0 aromatic heterocycles. The Morgan fingerprint density at radius 1 is 1.25 bits per heavy atom. The van der Waals surface area contributed by atoms with E-state index in [4.69, 9.17) is 15.3 Å². The van der Waals surface area contributed by atoms with Crippen LogP contribution in [0.25, 0.3) is 6.08 Å². The van der Waals surface area contributed by atoms with Crippen molar-refractivity contribution in [2.45, 2.75) is 6.42 Å².